The lowest BCUT2D eigenvalue weighted by Gasteiger charge is -2.21. The van der Waals surface area contributed by atoms with Gasteiger partial charge in [0.05, 0.1) is 6.26 Å². The van der Waals surface area contributed by atoms with Crippen molar-refractivity contribution in [2.45, 2.75) is 0 Å². The summed E-state index contributed by atoms with van der Waals surface area (Å²) in [5, 5.41) is 0. The highest BCUT2D eigenvalue weighted by atomic mass is 16.3. The first-order valence-electron chi connectivity index (χ1n) is 6.34. The Kier molecular flexibility index (Phi) is 3.33. The van der Waals surface area contributed by atoms with Gasteiger partial charge in [0.15, 0.2) is 5.76 Å². The lowest BCUT2D eigenvalue weighted by molar-refractivity contribution is 0.0973. The Balaban J connectivity index is 2.07. The summed E-state index contributed by atoms with van der Waals surface area (Å²) >= 11 is 0. The quantitative estimate of drug-likeness (QED) is 0.707. The summed E-state index contributed by atoms with van der Waals surface area (Å²) in [6.45, 7) is 0. The number of benzene rings is 2. The maximum atomic E-state index is 12.6. The van der Waals surface area contributed by atoms with Crippen LogP contribution in [0.15, 0.2) is 83.5 Å². The molecule has 3 aromatic rings. The number of carbonyl (C=O) groups is 1. The lowest BCUT2D eigenvalue weighted by atomic mass is 10.2. The molecule has 0 aliphatic carbocycles. The van der Waals surface area contributed by atoms with E-state index in [1.54, 1.807) is 17.0 Å². The van der Waals surface area contributed by atoms with Gasteiger partial charge in [-0.05, 0) is 36.4 Å². The van der Waals surface area contributed by atoms with Gasteiger partial charge in [-0.3, -0.25) is 9.69 Å². The van der Waals surface area contributed by atoms with E-state index in [1.807, 2.05) is 60.7 Å². The van der Waals surface area contributed by atoms with Gasteiger partial charge in [0.2, 0.25) is 0 Å². The second-order valence-corrected chi connectivity index (χ2v) is 4.29. The van der Waals surface area contributed by atoms with Crippen LogP contribution in [0.2, 0.25) is 0 Å². The van der Waals surface area contributed by atoms with E-state index in [0.29, 0.717) is 5.76 Å². The molecule has 2 aromatic carbocycles. The predicted molar refractivity (Wildman–Crippen MR) is 78.1 cm³/mol. The summed E-state index contributed by atoms with van der Waals surface area (Å²) in [5.41, 5.74) is 1.61. The summed E-state index contributed by atoms with van der Waals surface area (Å²) < 4.78 is 5.23. The average Bonchev–Trinajstić information content (AvgIpc) is 3.04. The van der Waals surface area contributed by atoms with Crippen molar-refractivity contribution in [1.29, 1.82) is 0 Å². The molecule has 1 amide bonds. The minimum atomic E-state index is -0.188. The van der Waals surface area contributed by atoms with Crippen LogP contribution in [0.5, 0.6) is 0 Å². The van der Waals surface area contributed by atoms with Crippen LogP contribution in [0.4, 0.5) is 11.4 Å². The zero-order valence-electron chi connectivity index (χ0n) is 10.8. The molecular formula is C17H13NO2. The third-order valence-electron chi connectivity index (χ3n) is 2.96. The highest BCUT2D eigenvalue weighted by molar-refractivity contribution is 6.09. The molecule has 1 heterocycles. The molecule has 0 aliphatic rings. The van der Waals surface area contributed by atoms with Crippen LogP contribution >= 0.6 is 0 Å². The molecule has 98 valence electrons. The van der Waals surface area contributed by atoms with Crippen molar-refractivity contribution >= 4 is 17.3 Å². The van der Waals surface area contributed by atoms with Crippen LogP contribution in [0, 0.1) is 0 Å². The number of furan rings is 1. The number of nitrogens with zero attached hydrogens (tertiary/aromatic N) is 1. The smallest absolute Gasteiger partial charge is 0.298 e. The van der Waals surface area contributed by atoms with Crippen molar-refractivity contribution < 1.29 is 9.21 Å². The normalized spacial score (nSPS) is 10.2. The summed E-state index contributed by atoms with van der Waals surface area (Å²) in [6.07, 6.45) is 1.50. The summed E-state index contributed by atoms with van der Waals surface area (Å²) in [4.78, 5) is 14.3. The van der Waals surface area contributed by atoms with E-state index in [0.717, 1.165) is 11.4 Å². The molecule has 20 heavy (non-hydrogen) atoms. The molecular weight excluding hydrogens is 250 g/mol. The zero-order valence-corrected chi connectivity index (χ0v) is 10.8. The molecule has 3 heteroatoms. The van der Waals surface area contributed by atoms with E-state index in [9.17, 15) is 4.79 Å². The lowest BCUT2D eigenvalue weighted by Crippen LogP contribution is -2.25. The number of amides is 1. The SMILES string of the molecule is O=C(c1ccco1)N(c1ccccc1)c1ccccc1. The van der Waals surface area contributed by atoms with E-state index in [1.165, 1.54) is 6.26 Å². The Bertz CT molecular complexity index is 636. The van der Waals surface area contributed by atoms with Gasteiger partial charge in [0.1, 0.15) is 0 Å². The van der Waals surface area contributed by atoms with E-state index in [-0.39, 0.29) is 5.91 Å². The highest BCUT2D eigenvalue weighted by Gasteiger charge is 2.21. The molecule has 3 nitrogen and oxygen atoms in total. The van der Waals surface area contributed by atoms with Crippen LogP contribution in [0.1, 0.15) is 10.6 Å². The van der Waals surface area contributed by atoms with Gasteiger partial charge in [0.25, 0.3) is 5.91 Å². The molecule has 0 radical (unpaired) electrons. The standard InChI is InChI=1S/C17H13NO2/c19-17(16-12-7-13-20-16)18(14-8-3-1-4-9-14)15-10-5-2-6-11-15/h1-13H. The van der Waals surface area contributed by atoms with Gasteiger partial charge in [-0.15, -0.1) is 0 Å². The Morgan fingerprint density at radius 2 is 1.30 bits per heavy atom. The number of hydrogen-bond donors (Lipinski definition) is 0. The first kappa shape index (κ1) is 12.2. The molecule has 1 aromatic heterocycles. The van der Waals surface area contributed by atoms with Gasteiger partial charge in [-0.1, -0.05) is 36.4 Å². The number of carbonyl (C=O) groups excluding carboxylic acids is 1. The first-order chi connectivity index (χ1) is 9.86. The summed E-state index contributed by atoms with van der Waals surface area (Å²) in [7, 11) is 0. The van der Waals surface area contributed by atoms with Gasteiger partial charge >= 0.3 is 0 Å². The minimum Gasteiger partial charge on any atom is -0.459 e. The van der Waals surface area contributed by atoms with Crippen molar-refractivity contribution in [3.8, 4) is 0 Å². The van der Waals surface area contributed by atoms with Crippen molar-refractivity contribution in [2.24, 2.45) is 0 Å². The van der Waals surface area contributed by atoms with Crippen LogP contribution in [0.25, 0.3) is 0 Å². The second-order valence-electron chi connectivity index (χ2n) is 4.29. The van der Waals surface area contributed by atoms with E-state index in [4.69, 9.17) is 4.42 Å². The molecule has 0 spiro atoms. The molecule has 0 unspecified atom stereocenters. The maximum Gasteiger partial charge on any atom is 0.298 e. The molecule has 0 N–H and O–H groups in total. The fourth-order valence-corrected chi connectivity index (χ4v) is 2.05. The molecule has 0 saturated heterocycles. The Morgan fingerprint density at radius 3 is 1.75 bits per heavy atom. The van der Waals surface area contributed by atoms with Crippen LogP contribution in [-0.4, -0.2) is 5.91 Å². The van der Waals surface area contributed by atoms with Crippen molar-refractivity contribution in [2.75, 3.05) is 4.90 Å². The number of anilines is 2. The molecule has 0 fully saturated rings. The Labute approximate surface area is 117 Å². The minimum absolute atomic E-state index is 0.188. The largest absolute Gasteiger partial charge is 0.459 e. The van der Waals surface area contributed by atoms with Crippen LogP contribution in [-0.2, 0) is 0 Å². The molecule has 0 atom stereocenters. The third kappa shape index (κ3) is 2.34. The fourth-order valence-electron chi connectivity index (χ4n) is 2.05. The maximum absolute atomic E-state index is 12.6. The van der Waals surface area contributed by atoms with Crippen LogP contribution < -0.4 is 4.90 Å². The van der Waals surface area contributed by atoms with Gasteiger partial charge < -0.3 is 4.42 Å². The van der Waals surface area contributed by atoms with Gasteiger partial charge in [-0.2, -0.15) is 0 Å². The van der Waals surface area contributed by atoms with Crippen molar-refractivity contribution in [3.05, 3.63) is 84.8 Å². The zero-order chi connectivity index (χ0) is 13.8. The van der Waals surface area contributed by atoms with E-state index in [2.05, 4.69) is 0 Å². The van der Waals surface area contributed by atoms with Crippen LogP contribution in [0.3, 0.4) is 0 Å². The Morgan fingerprint density at radius 1 is 0.750 bits per heavy atom. The van der Waals surface area contributed by atoms with Gasteiger partial charge in [0, 0.05) is 11.4 Å². The third-order valence-corrected chi connectivity index (χ3v) is 2.96. The van der Waals surface area contributed by atoms with Crippen molar-refractivity contribution in [1.82, 2.24) is 0 Å². The molecule has 0 aliphatic heterocycles. The van der Waals surface area contributed by atoms with E-state index < -0.39 is 0 Å². The predicted octanol–water partition coefficient (Wildman–Crippen LogP) is 4.26. The second kappa shape index (κ2) is 5.45. The monoisotopic (exact) mass is 263 g/mol. The number of hydrogen-bond acceptors (Lipinski definition) is 2. The average molecular weight is 263 g/mol. The van der Waals surface area contributed by atoms with Gasteiger partial charge in [-0.25, -0.2) is 0 Å². The van der Waals surface area contributed by atoms with E-state index >= 15 is 0 Å². The summed E-state index contributed by atoms with van der Waals surface area (Å²) in [5.74, 6) is 0.130. The fraction of sp³-hybridized carbons (Fsp3) is 0. The number of para-hydroxylation sites is 2. The topological polar surface area (TPSA) is 33.5 Å². The number of rotatable bonds is 3. The van der Waals surface area contributed by atoms with Crippen molar-refractivity contribution in [3.63, 3.8) is 0 Å². The highest BCUT2D eigenvalue weighted by Crippen LogP contribution is 2.27. The molecule has 0 bridgehead atoms. The molecule has 0 saturated carbocycles. The first-order valence-corrected chi connectivity index (χ1v) is 6.34. The Hall–Kier alpha value is -2.81. The summed E-state index contributed by atoms with van der Waals surface area (Å²) in [6, 6.07) is 22.4. The molecule has 3 rings (SSSR count).